The van der Waals surface area contributed by atoms with Crippen molar-refractivity contribution in [2.75, 3.05) is 11.9 Å². The zero-order valence-corrected chi connectivity index (χ0v) is 11.9. The number of aromatic nitrogens is 2. The summed E-state index contributed by atoms with van der Waals surface area (Å²) < 4.78 is 26.9. The fourth-order valence-electron chi connectivity index (χ4n) is 2.20. The number of hydrogen-bond donors (Lipinski definition) is 3. The van der Waals surface area contributed by atoms with Crippen LogP contribution >= 0.6 is 0 Å². The largest absolute Gasteiger partial charge is 0.348 e. The first-order valence-corrected chi connectivity index (χ1v) is 7.92. The number of benzene rings is 1. The van der Waals surface area contributed by atoms with E-state index in [-0.39, 0.29) is 23.8 Å². The van der Waals surface area contributed by atoms with Crippen LogP contribution in [0.2, 0.25) is 0 Å². The normalized spacial score (nSPS) is 14.0. The maximum Gasteiger partial charge on any atom is 0.240 e. The third kappa shape index (κ3) is 2.96. The zero-order valence-electron chi connectivity index (χ0n) is 11.1. The van der Waals surface area contributed by atoms with E-state index in [1.807, 2.05) is 0 Å². The quantitative estimate of drug-likeness (QED) is 0.745. The number of carbonyl (C=O) groups excluding carboxylic acids is 1. The maximum absolute atomic E-state index is 12.2. The molecule has 2 aromatic rings. The number of H-pyrrole nitrogens is 1. The lowest BCUT2D eigenvalue weighted by molar-refractivity contribution is -0.115. The van der Waals surface area contributed by atoms with Gasteiger partial charge in [-0.05, 0) is 23.8 Å². The van der Waals surface area contributed by atoms with Crippen LogP contribution in [0, 0.1) is 0 Å². The molecule has 0 fully saturated rings. The van der Waals surface area contributed by atoms with Gasteiger partial charge in [-0.25, -0.2) is 18.1 Å². The highest BCUT2D eigenvalue weighted by Crippen LogP contribution is 2.25. The van der Waals surface area contributed by atoms with Gasteiger partial charge in [0, 0.05) is 30.5 Å². The smallest absolute Gasteiger partial charge is 0.240 e. The van der Waals surface area contributed by atoms with Gasteiger partial charge in [-0.3, -0.25) is 4.79 Å². The summed E-state index contributed by atoms with van der Waals surface area (Å²) in [5, 5.41) is 2.67. The Morgan fingerprint density at radius 1 is 1.33 bits per heavy atom. The first-order chi connectivity index (χ1) is 10.0. The molecule has 0 unspecified atom stereocenters. The van der Waals surface area contributed by atoms with E-state index in [9.17, 15) is 13.2 Å². The van der Waals surface area contributed by atoms with Crippen molar-refractivity contribution in [2.45, 2.75) is 17.7 Å². The minimum Gasteiger partial charge on any atom is -0.348 e. The first-order valence-electron chi connectivity index (χ1n) is 6.44. The molecule has 0 radical (unpaired) electrons. The number of amides is 1. The second-order valence-corrected chi connectivity index (χ2v) is 6.54. The molecule has 1 aromatic heterocycles. The molecule has 0 bridgehead atoms. The summed E-state index contributed by atoms with van der Waals surface area (Å²) in [5.41, 5.74) is 2.24. The number of anilines is 1. The molecule has 110 valence electrons. The van der Waals surface area contributed by atoms with Crippen LogP contribution in [0.15, 0.2) is 35.6 Å². The molecular formula is C13H14N4O3S. The molecule has 0 saturated carbocycles. The summed E-state index contributed by atoms with van der Waals surface area (Å²) in [4.78, 5) is 18.2. The Morgan fingerprint density at radius 2 is 2.19 bits per heavy atom. The number of rotatable bonds is 5. The summed E-state index contributed by atoms with van der Waals surface area (Å²) in [6.45, 7) is 0.277. The average Bonchev–Trinajstić information content (AvgIpc) is 3.05. The molecule has 1 amide bonds. The summed E-state index contributed by atoms with van der Waals surface area (Å²) in [7, 11) is -3.58. The predicted octanol–water partition coefficient (Wildman–Crippen LogP) is 0.425. The molecular weight excluding hydrogens is 292 g/mol. The van der Waals surface area contributed by atoms with Crippen molar-refractivity contribution in [3.8, 4) is 0 Å². The van der Waals surface area contributed by atoms with Crippen molar-refractivity contribution >= 4 is 21.6 Å². The van der Waals surface area contributed by atoms with Gasteiger partial charge in [0.05, 0.1) is 17.6 Å². The molecule has 0 spiro atoms. The standard InChI is InChI=1S/C13H14N4O3S/c18-13-6-9-5-11(1-2-12(9)17-13)21(19,20)16-4-3-10-7-14-8-15-10/h1-2,5,7-8,16H,3-4,6H2,(H,14,15)(H,17,18). The molecule has 21 heavy (non-hydrogen) atoms. The summed E-state index contributed by atoms with van der Waals surface area (Å²) in [6, 6.07) is 4.64. The van der Waals surface area contributed by atoms with Crippen LogP contribution in [0.5, 0.6) is 0 Å². The third-order valence-electron chi connectivity index (χ3n) is 3.25. The number of nitrogens with one attached hydrogen (secondary N) is 3. The summed E-state index contributed by atoms with van der Waals surface area (Å²) in [5.74, 6) is -0.119. The van der Waals surface area contributed by atoms with E-state index in [1.54, 1.807) is 18.6 Å². The fraction of sp³-hybridized carbons (Fsp3) is 0.231. The Bertz CT molecular complexity index is 769. The van der Waals surface area contributed by atoms with Gasteiger partial charge in [-0.15, -0.1) is 0 Å². The second kappa shape index (κ2) is 5.30. The highest BCUT2D eigenvalue weighted by atomic mass is 32.2. The van der Waals surface area contributed by atoms with E-state index < -0.39 is 10.0 Å². The van der Waals surface area contributed by atoms with Gasteiger partial charge in [-0.1, -0.05) is 0 Å². The Balaban J connectivity index is 1.70. The summed E-state index contributed by atoms with van der Waals surface area (Å²) >= 11 is 0. The lowest BCUT2D eigenvalue weighted by Gasteiger charge is -2.07. The Kier molecular flexibility index (Phi) is 3.48. The van der Waals surface area contributed by atoms with E-state index in [0.29, 0.717) is 17.7 Å². The van der Waals surface area contributed by atoms with Gasteiger partial charge in [0.15, 0.2) is 0 Å². The molecule has 3 N–H and O–H groups in total. The zero-order chi connectivity index (χ0) is 14.9. The van der Waals surface area contributed by atoms with Gasteiger partial charge in [0.25, 0.3) is 0 Å². The van der Waals surface area contributed by atoms with Crippen molar-refractivity contribution < 1.29 is 13.2 Å². The van der Waals surface area contributed by atoms with E-state index in [4.69, 9.17) is 0 Å². The lowest BCUT2D eigenvalue weighted by Crippen LogP contribution is -2.26. The van der Waals surface area contributed by atoms with Gasteiger partial charge < -0.3 is 10.3 Å². The van der Waals surface area contributed by atoms with Crippen LogP contribution in [0.1, 0.15) is 11.3 Å². The van der Waals surface area contributed by atoms with Crippen molar-refractivity contribution in [1.29, 1.82) is 0 Å². The van der Waals surface area contributed by atoms with Crippen molar-refractivity contribution in [3.63, 3.8) is 0 Å². The first kappa shape index (κ1) is 13.8. The van der Waals surface area contributed by atoms with E-state index in [1.165, 1.54) is 12.1 Å². The van der Waals surface area contributed by atoms with Gasteiger partial charge in [0.2, 0.25) is 15.9 Å². The molecule has 3 rings (SSSR count). The molecule has 7 nitrogen and oxygen atoms in total. The fourth-order valence-corrected chi connectivity index (χ4v) is 3.28. The number of fused-ring (bicyclic) bond motifs is 1. The minimum atomic E-state index is -3.58. The molecule has 0 saturated heterocycles. The van der Waals surface area contributed by atoms with Crippen LogP contribution in [0.25, 0.3) is 0 Å². The number of sulfonamides is 1. The maximum atomic E-state index is 12.2. The molecule has 0 aliphatic carbocycles. The van der Waals surface area contributed by atoms with E-state index in [2.05, 4.69) is 20.0 Å². The minimum absolute atomic E-state index is 0.119. The average molecular weight is 306 g/mol. The molecule has 1 aliphatic rings. The molecule has 8 heteroatoms. The van der Waals surface area contributed by atoms with Crippen LogP contribution < -0.4 is 10.0 Å². The van der Waals surface area contributed by atoms with Crippen LogP contribution in [0.4, 0.5) is 5.69 Å². The molecule has 0 atom stereocenters. The Labute approximate surface area is 121 Å². The van der Waals surface area contributed by atoms with Gasteiger partial charge in [0.1, 0.15) is 0 Å². The van der Waals surface area contributed by atoms with Crippen molar-refractivity contribution in [3.05, 3.63) is 42.0 Å². The Hall–Kier alpha value is -2.19. The van der Waals surface area contributed by atoms with Crippen LogP contribution in [-0.4, -0.2) is 30.8 Å². The molecule has 1 aliphatic heterocycles. The number of carbonyl (C=O) groups is 1. The van der Waals surface area contributed by atoms with Crippen LogP contribution in [-0.2, 0) is 27.7 Å². The van der Waals surface area contributed by atoms with Gasteiger partial charge in [-0.2, -0.15) is 0 Å². The number of hydrogen-bond acceptors (Lipinski definition) is 4. The van der Waals surface area contributed by atoms with E-state index >= 15 is 0 Å². The van der Waals surface area contributed by atoms with Crippen molar-refractivity contribution in [1.82, 2.24) is 14.7 Å². The molecule has 1 aromatic carbocycles. The van der Waals surface area contributed by atoms with E-state index in [0.717, 1.165) is 5.69 Å². The summed E-state index contributed by atoms with van der Waals surface area (Å²) in [6.07, 6.45) is 3.95. The third-order valence-corrected chi connectivity index (χ3v) is 4.71. The monoisotopic (exact) mass is 306 g/mol. The van der Waals surface area contributed by atoms with Crippen molar-refractivity contribution in [2.24, 2.45) is 0 Å². The number of aromatic amines is 1. The Morgan fingerprint density at radius 3 is 2.95 bits per heavy atom. The SMILES string of the molecule is O=C1Cc2cc(S(=O)(=O)NCCc3cnc[nH]3)ccc2N1. The number of nitrogens with zero attached hydrogens (tertiary/aromatic N) is 1. The second-order valence-electron chi connectivity index (χ2n) is 4.77. The topological polar surface area (TPSA) is 104 Å². The molecule has 2 heterocycles. The number of imidazole rings is 1. The lowest BCUT2D eigenvalue weighted by atomic mass is 10.2. The predicted molar refractivity (Wildman–Crippen MR) is 76.3 cm³/mol. The van der Waals surface area contributed by atoms with Crippen LogP contribution in [0.3, 0.4) is 0 Å². The highest BCUT2D eigenvalue weighted by Gasteiger charge is 2.21. The van der Waals surface area contributed by atoms with Gasteiger partial charge >= 0.3 is 0 Å². The highest BCUT2D eigenvalue weighted by molar-refractivity contribution is 7.89.